The van der Waals surface area contributed by atoms with Gasteiger partial charge in [0.05, 0.1) is 12.1 Å². The van der Waals surface area contributed by atoms with Crippen molar-refractivity contribution in [3.8, 4) is 0 Å². The molecule has 1 aromatic heterocycles. The van der Waals surface area contributed by atoms with Gasteiger partial charge in [-0.15, -0.1) is 11.3 Å². The summed E-state index contributed by atoms with van der Waals surface area (Å²) < 4.78 is 37.1. The molecule has 18 heavy (non-hydrogen) atoms. The maximum absolute atomic E-state index is 12.4. The van der Waals surface area contributed by atoms with E-state index in [1.54, 1.807) is 0 Å². The second-order valence-electron chi connectivity index (χ2n) is 5.02. The van der Waals surface area contributed by atoms with Crippen LogP contribution in [0.3, 0.4) is 0 Å². The van der Waals surface area contributed by atoms with E-state index in [0.29, 0.717) is 18.5 Å². The number of alkyl halides is 3. The summed E-state index contributed by atoms with van der Waals surface area (Å²) in [6, 6.07) is 0.324. The second kappa shape index (κ2) is 5.17. The van der Waals surface area contributed by atoms with E-state index in [-0.39, 0.29) is 5.01 Å². The van der Waals surface area contributed by atoms with Crippen LogP contribution in [0.15, 0.2) is 0 Å². The van der Waals surface area contributed by atoms with Crippen molar-refractivity contribution in [2.45, 2.75) is 57.8 Å². The number of aromatic nitrogens is 1. The van der Waals surface area contributed by atoms with E-state index in [9.17, 15) is 13.2 Å². The molecule has 0 atom stereocenters. The Hall–Kier alpha value is -0.620. The molecular formula is C12H17F3N2S. The van der Waals surface area contributed by atoms with E-state index in [0.717, 1.165) is 23.4 Å². The van der Waals surface area contributed by atoms with Crippen molar-refractivity contribution in [2.24, 2.45) is 0 Å². The molecule has 0 amide bonds. The maximum Gasteiger partial charge on any atom is 0.395 e. The van der Waals surface area contributed by atoms with Gasteiger partial charge in [-0.3, -0.25) is 0 Å². The van der Waals surface area contributed by atoms with Crippen LogP contribution in [0.4, 0.5) is 13.2 Å². The Morgan fingerprint density at radius 1 is 1.39 bits per heavy atom. The first-order valence-electron chi connectivity index (χ1n) is 6.14. The molecular weight excluding hydrogens is 261 g/mol. The van der Waals surface area contributed by atoms with Gasteiger partial charge < -0.3 is 5.32 Å². The van der Waals surface area contributed by atoms with Gasteiger partial charge in [0.15, 0.2) is 0 Å². The molecule has 1 aliphatic rings. The summed E-state index contributed by atoms with van der Waals surface area (Å²) >= 11 is 1.20. The lowest BCUT2D eigenvalue weighted by Gasteiger charge is -2.07. The van der Waals surface area contributed by atoms with Crippen LogP contribution < -0.4 is 5.32 Å². The number of hydrogen-bond acceptors (Lipinski definition) is 3. The lowest BCUT2D eigenvalue weighted by Crippen LogP contribution is -2.21. The summed E-state index contributed by atoms with van der Waals surface area (Å²) in [6.45, 7) is 4.67. The lowest BCUT2D eigenvalue weighted by atomic mass is 10.2. The molecule has 0 aromatic carbocycles. The van der Waals surface area contributed by atoms with Gasteiger partial charge >= 0.3 is 6.18 Å². The fourth-order valence-corrected chi connectivity index (χ4v) is 2.90. The van der Waals surface area contributed by atoms with Crippen molar-refractivity contribution in [2.75, 3.05) is 0 Å². The Balaban J connectivity index is 2.11. The molecule has 1 aliphatic carbocycles. The summed E-state index contributed by atoms with van der Waals surface area (Å²) in [7, 11) is 0. The van der Waals surface area contributed by atoms with Gasteiger partial charge in [-0.1, -0.05) is 13.8 Å². The molecule has 0 spiro atoms. The van der Waals surface area contributed by atoms with Crippen molar-refractivity contribution >= 4 is 11.3 Å². The molecule has 2 rings (SSSR count). The molecule has 1 heterocycles. The van der Waals surface area contributed by atoms with Crippen LogP contribution in [0.5, 0.6) is 0 Å². The SMILES string of the molecule is CC(C)NCc1sc(CC(F)(F)F)nc1C1CC1. The molecule has 1 saturated carbocycles. The van der Waals surface area contributed by atoms with Crippen molar-refractivity contribution in [1.82, 2.24) is 10.3 Å². The summed E-state index contributed by atoms with van der Waals surface area (Å²) in [4.78, 5) is 5.17. The quantitative estimate of drug-likeness (QED) is 0.889. The Bertz CT molecular complexity index is 408. The minimum absolute atomic E-state index is 0.199. The largest absolute Gasteiger partial charge is 0.395 e. The number of thiazole rings is 1. The standard InChI is InChI=1S/C12H17F3N2S/c1-7(2)16-6-9-11(8-3-4-8)17-10(18-9)5-12(13,14)15/h7-8,16H,3-6H2,1-2H3. The van der Waals surface area contributed by atoms with Gasteiger partial charge in [-0.2, -0.15) is 13.2 Å². The predicted molar refractivity (Wildman–Crippen MR) is 65.8 cm³/mol. The van der Waals surface area contributed by atoms with E-state index in [1.807, 2.05) is 13.8 Å². The van der Waals surface area contributed by atoms with Crippen LogP contribution in [0.1, 0.15) is 48.2 Å². The van der Waals surface area contributed by atoms with Crippen LogP contribution in [0, 0.1) is 0 Å². The first kappa shape index (κ1) is 13.8. The zero-order chi connectivity index (χ0) is 13.3. The zero-order valence-electron chi connectivity index (χ0n) is 10.5. The van der Waals surface area contributed by atoms with Crippen LogP contribution in [-0.4, -0.2) is 17.2 Å². The topological polar surface area (TPSA) is 24.9 Å². The molecule has 1 aromatic rings. The van der Waals surface area contributed by atoms with Crippen molar-refractivity contribution in [1.29, 1.82) is 0 Å². The predicted octanol–water partition coefficient (Wildman–Crippen LogP) is 3.62. The van der Waals surface area contributed by atoms with E-state index in [2.05, 4.69) is 10.3 Å². The normalized spacial score (nSPS) is 16.6. The monoisotopic (exact) mass is 278 g/mol. The first-order valence-corrected chi connectivity index (χ1v) is 6.95. The minimum Gasteiger partial charge on any atom is -0.310 e. The Morgan fingerprint density at radius 2 is 2.06 bits per heavy atom. The molecule has 102 valence electrons. The first-order chi connectivity index (χ1) is 8.35. The third-order valence-corrected chi connectivity index (χ3v) is 3.83. The van der Waals surface area contributed by atoms with Crippen LogP contribution in [-0.2, 0) is 13.0 Å². The Labute approximate surface area is 109 Å². The number of hydrogen-bond donors (Lipinski definition) is 1. The van der Waals surface area contributed by atoms with Gasteiger partial charge in [0.1, 0.15) is 5.01 Å². The highest BCUT2D eigenvalue weighted by atomic mass is 32.1. The van der Waals surface area contributed by atoms with Crippen LogP contribution >= 0.6 is 11.3 Å². The molecule has 1 fully saturated rings. The summed E-state index contributed by atoms with van der Waals surface area (Å²) in [5.74, 6) is 0.396. The molecule has 0 saturated heterocycles. The van der Waals surface area contributed by atoms with Gasteiger partial charge in [0.2, 0.25) is 0 Å². The molecule has 0 aliphatic heterocycles. The third-order valence-electron chi connectivity index (χ3n) is 2.76. The third kappa shape index (κ3) is 3.95. The molecule has 1 N–H and O–H groups in total. The van der Waals surface area contributed by atoms with E-state index < -0.39 is 12.6 Å². The van der Waals surface area contributed by atoms with Gasteiger partial charge in [0.25, 0.3) is 0 Å². The fourth-order valence-electron chi connectivity index (χ4n) is 1.76. The molecule has 6 heteroatoms. The zero-order valence-corrected chi connectivity index (χ0v) is 11.3. The molecule has 0 radical (unpaired) electrons. The Morgan fingerprint density at radius 3 is 2.56 bits per heavy atom. The average Bonchev–Trinajstić information content (AvgIpc) is 2.97. The highest BCUT2D eigenvalue weighted by Crippen LogP contribution is 2.43. The average molecular weight is 278 g/mol. The van der Waals surface area contributed by atoms with Gasteiger partial charge in [0, 0.05) is 23.4 Å². The summed E-state index contributed by atoms with van der Waals surface area (Å²) in [5.41, 5.74) is 0.896. The van der Waals surface area contributed by atoms with E-state index in [1.165, 1.54) is 11.3 Å². The second-order valence-corrected chi connectivity index (χ2v) is 6.19. The van der Waals surface area contributed by atoms with Crippen molar-refractivity contribution in [3.05, 3.63) is 15.6 Å². The maximum atomic E-state index is 12.4. The Kier molecular flexibility index (Phi) is 3.96. The van der Waals surface area contributed by atoms with Crippen LogP contribution in [0.25, 0.3) is 0 Å². The van der Waals surface area contributed by atoms with E-state index >= 15 is 0 Å². The van der Waals surface area contributed by atoms with E-state index in [4.69, 9.17) is 0 Å². The number of nitrogens with zero attached hydrogens (tertiary/aromatic N) is 1. The number of rotatable bonds is 5. The summed E-state index contributed by atoms with van der Waals surface area (Å²) in [6.07, 6.45) is -2.95. The molecule has 0 bridgehead atoms. The molecule has 0 unspecified atom stereocenters. The highest BCUT2D eigenvalue weighted by molar-refractivity contribution is 7.11. The van der Waals surface area contributed by atoms with Gasteiger partial charge in [-0.05, 0) is 12.8 Å². The number of nitrogens with one attached hydrogen (secondary N) is 1. The molecule has 2 nitrogen and oxygen atoms in total. The summed E-state index contributed by atoms with van der Waals surface area (Å²) in [5, 5.41) is 3.45. The van der Waals surface area contributed by atoms with Crippen molar-refractivity contribution in [3.63, 3.8) is 0 Å². The van der Waals surface area contributed by atoms with Gasteiger partial charge in [-0.25, -0.2) is 4.98 Å². The van der Waals surface area contributed by atoms with Crippen LogP contribution in [0.2, 0.25) is 0 Å². The minimum atomic E-state index is -4.17. The highest BCUT2D eigenvalue weighted by Gasteiger charge is 2.33. The smallest absolute Gasteiger partial charge is 0.310 e. The number of halogens is 3. The lowest BCUT2D eigenvalue weighted by molar-refractivity contribution is -0.127. The fraction of sp³-hybridized carbons (Fsp3) is 0.750. The van der Waals surface area contributed by atoms with Crippen molar-refractivity contribution < 1.29 is 13.2 Å².